The molecule has 3 rings (SSSR count). The summed E-state index contributed by atoms with van der Waals surface area (Å²) in [6.45, 7) is 0. The number of benzene rings is 2. The molecule has 4 nitrogen and oxygen atoms in total. The molecule has 1 heterocycles. The summed E-state index contributed by atoms with van der Waals surface area (Å²) in [4.78, 5) is 26.2. The lowest BCUT2D eigenvalue weighted by Gasteiger charge is -2.23. The molecule has 0 bridgehead atoms. The quantitative estimate of drug-likeness (QED) is 0.532. The van der Waals surface area contributed by atoms with Crippen molar-refractivity contribution in [2.45, 2.75) is 12.5 Å². The average Bonchev–Trinajstić information content (AvgIpc) is 2.90. The van der Waals surface area contributed by atoms with Crippen LogP contribution >= 0.6 is 47.2 Å². The maximum atomic E-state index is 12.8. The van der Waals surface area contributed by atoms with E-state index in [9.17, 15) is 14.7 Å². The molecule has 0 radical (unpaired) electrons. The Hall–Kier alpha value is -1.86. The molecule has 2 aromatic rings. The van der Waals surface area contributed by atoms with Gasteiger partial charge >= 0.3 is 5.97 Å². The molecular weight excluding hydrogens is 425 g/mol. The van der Waals surface area contributed by atoms with E-state index < -0.39 is 17.9 Å². The van der Waals surface area contributed by atoms with Gasteiger partial charge in [0.2, 0.25) is 0 Å². The third kappa shape index (κ3) is 4.52. The molecule has 0 aromatic heterocycles. The Bertz CT molecular complexity index is 947. The van der Waals surface area contributed by atoms with Gasteiger partial charge < -0.3 is 5.11 Å². The molecule has 1 atom stereocenters. The van der Waals surface area contributed by atoms with Crippen molar-refractivity contribution in [2.24, 2.45) is 0 Å². The van der Waals surface area contributed by atoms with E-state index in [-0.39, 0.29) is 10.7 Å². The van der Waals surface area contributed by atoms with Crippen LogP contribution < -0.4 is 0 Å². The van der Waals surface area contributed by atoms with Crippen LogP contribution in [-0.4, -0.2) is 32.2 Å². The predicted molar refractivity (Wildman–Crippen MR) is 113 cm³/mol. The second-order valence-corrected chi connectivity index (χ2v) is 8.26. The fourth-order valence-corrected chi connectivity index (χ4v) is 4.29. The average molecular weight is 438 g/mol. The van der Waals surface area contributed by atoms with Gasteiger partial charge in [0.15, 0.2) is 0 Å². The SMILES string of the molecule is O=C(O)C(Cc1ccccc1)N1C(=O)/C(=C/c2ccc(Cl)c(Cl)c2)SC1=S. The fourth-order valence-electron chi connectivity index (χ4n) is 2.63. The highest BCUT2D eigenvalue weighted by Gasteiger charge is 2.40. The van der Waals surface area contributed by atoms with Crippen molar-refractivity contribution in [3.63, 3.8) is 0 Å². The second kappa shape index (κ2) is 8.44. The summed E-state index contributed by atoms with van der Waals surface area (Å²) in [5, 5.41) is 10.4. The number of nitrogens with zero attached hydrogens (tertiary/aromatic N) is 1. The molecule has 0 saturated carbocycles. The van der Waals surface area contributed by atoms with Gasteiger partial charge in [0.1, 0.15) is 10.4 Å². The number of carbonyl (C=O) groups is 2. The number of thioether (sulfide) groups is 1. The van der Waals surface area contributed by atoms with E-state index in [0.717, 1.165) is 17.3 Å². The number of thiocarbonyl (C=S) groups is 1. The first-order valence-electron chi connectivity index (χ1n) is 7.85. The number of carboxylic acids is 1. The Morgan fingerprint density at radius 2 is 1.89 bits per heavy atom. The minimum absolute atomic E-state index is 0.169. The summed E-state index contributed by atoms with van der Waals surface area (Å²) in [6, 6.07) is 13.0. The van der Waals surface area contributed by atoms with Gasteiger partial charge in [-0.3, -0.25) is 9.69 Å². The number of carboxylic acid groups (broad SMARTS) is 1. The van der Waals surface area contributed by atoms with Crippen LogP contribution in [0.4, 0.5) is 0 Å². The second-order valence-electron chi connectivity index (χ2n) is 5.77. The summed E-state index contributed by atoms with van der Waals surface area (Å²) in [5.74, 6) is -1.54. The molecular formula is C19H13Cl2NO3S2. The van der Waals surface area contributed by atoms with E-state index >= 15 is 0 Å². The van der Waals surface area contributed by atoms with Crippen LogP contribution in [0.15, 0.2) is 53.4 Å². The zero-order valence-corrected chi connectivity index (χ0v) is 16.9. The molecule has 27 heavy (non-hydrogen) atoms. The Morgan fingerprint density at radius 1 is 1.19 bits per heavy atom. The van der Waals surface area contributed by atoms with Crippen LogP contribution in [0.2, 0.25) is 10.0 Å². The van der Waals surface area contributed by atoms with Crippen LogP contribution in [0.25, 0.3) is 6.08 Å². The van der Waals surface area contributed by atoms with Crippen molar-refractivity contribution >= 4 is 69.5 Å². The third-order valence-corrected chi connectivity index (χ3v) is 6.00. The van der Waals surface area contributed by atoms with Crippen molar-refractivity contribution in [3.8, 4) is 0 Å². The minimum atomic E-state index is -1.11. The van der Waals surface area contributed by atoms with Gasteiger partial charge in [0.05, 0.1) is 15.0 Å². The predicted octanol–water partition coefficient (Wildman–Crippen LogP) is 4.89. The molecule has 8 heteroatoms. The van der Waals surface area contributed by atoms with E-state index in [0.29, 0.717) is 20.5 Å². The smallest absolute Gasteiger partial charge is 0.327 e. The summed E-state index contributed by atoms with van der Waals surface area (Å²) in [5.41, 5.74) is 1.49. The number of aliphatic carboxylic acids is 1. The van der Waals surface area contributed by atoms with Crippen LogP contribution in [-0.2, 0) is 16.0 Å². The first-order chi connectivity index (χ1) is 12.9. The molecule has 2 aromatic carbocycles. The summed E-state index contributed by atoms with van der Waals surface area (Å²) >= 11 is 18.3. The van der Waals surface area contributed by atoms with E-state index in [4.69, 9.17) is 35.4 Å². The van der Waals surface area contributed by atoms with E-state index in [1.165, 1.54) is 4.90 Å². The fraction of sp³-hybridized carbons (Fsp3) is 0.105. The number of rotatable bonds is 5. The van der Waals surface area contributed by atoms with Gasteiger partial charge in [0, 0.05) is 6.42 Å². The molecule has 1 unspecified atom stereocenters. The van der Waals surface area contributed by atoms with E-state index in [1.807, 2.05) is 30.3 Å². The summed E-state index contributed by atoms with van der Waals surface area (Å²) in [6.07, 6.45) is 1.80. The minimum Gasteiger partial charge on any atom is -0.480 e. The molecule has 1 N–H and O–H groups in total. The highest BCUT2D eigenvalue weighted by Crippen LogP contribution is 2.35. The lowest BCUT2D eigenvalue weighted by Crippen LogP contribution is -2.45. The number of hydrogen-bond acceptors (Lipinski definition) is 4. The molecule has 1 saturated heterocycles. The maximum absolute atomic E-state index is 12.8. The topological polar surface area (TPSA) is 57.6 Å². The van der Waals surface area contributed by atoms with Gasteiger partial charge in [0.25, 0.3) is 5.91 Å². The van der Waals surface area contributed by atoms with Crippen molar-refractivity contribution < 1.29 is 14.7 Å². The largest absolute Gasteiger partial charge is 0.480 e. The van der Waals surface area contributed by atoms with Crippen molar-refractivity contribution in [2.75, 3.05) is 0 Å². The summed E-state index contributed by atoms with van der Waals surface area (Å²) in [7, 11) is 0. The normalized spacial score (nSPS) is 16.8. The standard InChI is InChI=1S/C19H13Cl2NO3S2/c20-13-7-6-12(8-14(13)21)10-16-17(23)22(19(26)27-16)15(18(24)25)9-11-4-2-1-3-5-11/h1-8,10,15H,9H2,(H,24,25)/b16-10-. The first kappa shape index (κ1) is 19.9. The number of amides is 1. The molecule has 0 spiro atoms. The van der Waals surface area contributed by atoms with Crippen LogP contribution in [0, 0.1) is 0 Å². The van der Waals surface area contributed by atoms with Crippen molar-refractivity contribution in [1.29, 1.82) is 0 Å². The molecule has 1 aliphatic rings. The van der Waals surface area contributed by atoms with Gasteiger partial charge in [-0.15, -0.1) is 0 Å². The Labute approximate surface area is 175 Å². The highest BCUT2D eigenvalue weighted by atomic mass is 35.5. The lowest BCUT2D eigenvalue weighted by atomic mass is 10.0. The Balaban J connectivity index is 1.88. The van der Waals surface area contributed by atoms with Gasteiger partial charge in [-0.25, -0.2) is 4.79 Å². The highest BCUT2D eigenvalue weighted by molar-refractivity contribution is 8.26. The van der Waals surface area contributed by atoms with Crippen molar-refractivity contribution in [1.82, 2.24) is 4.90 Å². The monoisotopic (exact) mass is 437 g/mol. The number of halogens is 2. The zero-order valence-electron chi connectivity index (χ0n) is 13.8. The van der Waals surface area contributed by atoms with E-state index in [1.54, 1.807) is 24.3 Å². The lowest BCUT2D eigenvalue weighted by molar-refractivity contribution is -0.145. The van der Waals surface area contributed by atoms with Crippen LogP contribution in [0.1, 0.15) is 11.1 Å². The number of hydrogen-bond donors (Lipinski definition) is 1. The van der Waals surface area contributed by atoms with Crippen LogP contribution in [0.5, 0.6) is 0 Å². The number of carbonyl (C=O) groups excluding carboxylic acids is 1. The van der Waals surface area contributed by atoms with E-state index in [2.05, 4.69) is 0 Å². The Morgan fingerprint density at radius 3 is 2.52 bits per heavy atom. The summed E-state index contributed by atoms with van der Waals surface area (Å²) < 4.78 is 0.217. The van der Waals surface area contributed by atoms with Crippen LogP contribution in [0.3, 0.4) is 0 Å². The van der Waals surface area contributed by atoms with Gasteiger partial charge in [-0.05, 0) is 29.3 Å². The van der Waals surface area contributed by atoms with Gasteiger partial charge in [-0.2, -0.15) is 0 Å². The zero-order chi connectivity index (χ0) is 19.6. The Kier molecular flexibility index (Phi) is 6.22. The molecule has 1 amide bonds. The van der Waals surface area contributed by atoms with Crippen molar-refractivity contribution in [3.05, 3.63) is 74.6 Å². The molecule has 1 fully saturated rings. The first-order valence-corrected chi connectivity index (χ1v) is 9.83. The van der Waals surface area contributed by atoms with Gasteiger partial charge in [-0.1, -0.05) is 83.6 Å². The third-order valence-electron chi connectivity index (χ3n) is 3.93. The maximum Gasteiger partial charge on any atom is 0.327 e. The molecule has 0 aliphatic carbocycles. The molecule has 138 valence electrons. The molecule has 1 aliphatic heterocycles.